The van der Waals surface area contributed by atoms with Crippen molar-refractivity contribution < 1.29 is 13.5 Å². The van der Waals surface area contributed by atoms with Gasteiger partial charge in [0.05, 0.1) is 16.5 Å². The Kier molecular flexibility index (Phi) is 3.94. The predicted molar refractivity (Wildman–Crippen MR) is 70.0 cm³/mol. The molecular weight excluding hydrogens is 262 g/mol. The highest BCUT2D eigenvalue weighted by molar-refractivity contribution is 7.92. The van der Waals surface area contributed by atoms with E-state index in [0.29, 0.717) is 0 Å². The molecule has 0 aliphatic heterocycles. The quantitative estimate of drug-likeness (QED) is 0.835. The molecule has 0 amide bonds. The summed E-state index contributed by atoms with van der Waals surface area (Å²) in [6.07, 6.45) is 0. The number of nitrogens with one attached hydrogen (secondary N) is 1. The summed E-state index contributed by atoms with van der Waals surface area (Å²) in [4.78, 5) is 0. The first-order chi connectivity index (χ1) is 7.61. The van der Waals surface area contributed by atoms with Gasteiger partial charge in [0.15, 0.2) is 5.75 Å². The van der Waals surface area contributed by atoms with Crippen LogP contribution in [0.15, 0.2) is 18.2 Å². The number of rotatable bonds is 3. The molecule has 0 saturated carbocycles. The molecule has 1 aromatic carbocycles. The summed E-state index contributed by atoms with van der Waals surface area (Å²) in [6, 6.07) is 4.51. The van der Waals surface area contributed by atoms with E-state index < -0.39 is 10.0 Å². The van der Waals surface area contributed by atoms with Gasteiger partial charge in [-0.1, -0.05) is 38.4 Å². The topological polar surface area (TPSA) is 66.4 Å². The van der Waals surface area contributed by atoms with Gasteiger partial charge in [-0.15, -0.1) is 0 Å². The molecule has 0 aliphatic carbocycles. The molecule has 0 bridgehead atoms. The zero-order chi connectivity index (χ0) is 13.3. The van der Waals surface area contributed by atoms with E-state index in [9.17, 15) is 13.5 Å². The molecular formula is C11H16ClNO3S. The second-order valence-electron chi connectivity index (χ2n) is 5.06. The van der Waals surface area contributed by atoms with E-state index in [1.54, 1.807) is 6.07 Å². The van der Waals surface area contributed by atoms with Gasteiger partial charge < -0.3 is 5.11 Å². The second-order valence-corrected chi connectivity index (χ2v) is 7.19. The van der Waals surface area contributed by atoms with Gasteiger partial charge in [0.2, 0.25) is 10.0 Å². The van der Waals surface area contributed by atoms with Crippen molar-refractivity contribution in [1.82, 2.24) is 0 Å². The third-order valence-corrected chi connectivity index (χ3v) is 3.96. The Morgan fingerprint density at radius 1 is 1.35 bits per heavy atom. The summed E-state index contributed by atoms with van der Waals surface area (Å²) in [6.45, 7) is 5.47. The number of halogens is 1. The molecule has 0 unspecified atom stereocenters. The van der Waals surface area contributed by atoms with Crippen LogP contribution in [0.4, 0.5) is 5.69 Å². The van der Waals surface area contributed by atoms with E-state index in [-0.39, 0.29) is 27.6 Å². The number of phenols is 1. The fourth-order valence-electron chi connectivity index (χ4n) is 1.37. The van der Waals surface area contributed by atoms with Gasteiger partial charge in [-0.3, -0.25) is 4.72 Å². The molecule has 0 spiro atoms. The highest BCUT2D eigenvalue weighted by atomic mass is 35.5. The van der Waals surface area contributed by atoms with Crippen LogP contribution >= 0.6 is 11.6 Å². The van der Waals surface area contributed by atoms with Crippen molar-refractivity contribution in [3.63, 3.8) is 0 Å². The van der Waals surface area contributed by atoms with Crippen molar-refractivity contribution in [2.24, 2.45) is 5.41 Å². The normalized spacial score (nSPS) is 12.5. The predicted octanol–water partition coefficient (Wildman–Crippen LogP) is 2.83. The fraction of sp³-hybridized carbons (Fsp3) is 0.455. The first-order valence-corrected chi connectivity index (χ1v) is 7.12. The van der Waals surface area contributed by atoms with Crippen LogP contribution in [0.2, 0.25) is 5.02 Å². The Labute approximate surface area is 107 Å². The summed E-state index contributed by atoms with van der Waals surface area (Å²) in [7, 11) is -3.50. The maximum atomic E-state index is 11.8. The first kappa shape index (κ1) is 14.1. The lowest BCUT2D eigenvalue weighted by atomic mass is 10.0. The Morgan fingerprint density at radius 3 is 2.47 bits per heavy atom. The van der Waals surface area contributed by atoms with Crippen molar-refractivity contribution in [2.45, 2.75) is 20.8 Å². The lowest BCUT2D eigenvalue weighted by Gasteiger charge is -2.19. The molecule has 96 valence electrons. The number of sulfonamides is 1. The Hall–Kier alpha value is -0.940. The van der Waals surface area contributed by atoms with Gasteiger partial charge in [0.1, 0.15) is 0 Å². The molecule has 1 rings (SSSR count). The molecule has 6 heteroatoms. The van der Waals surface area contributed by atoms with Crippen molar-refractivity contribution in [3.05, 3.63) is 23.2 Å². The van der Waals surface area contributed by atoms with Crippen LogP contribution in [0.5, 0.6) is 5.75 Å². The second kappa shape index (κ2) is 4.74. The molecule has 0 heterocycles. The van der Waals surface area contributed by atoms with Gasteiger partial charge in [-0.05, 0) is 17.5 Å². The molecule has 0 saturated heterocycles. The zero-order valence-corrected chi connectivity index (χ0v) is 11.6. The number of phenolic OH excluding ortho intramolecular Hbond substituents is 1. The maximum Gasteiger partial charge on any atom is 0.233 e. The summed E-state index contributed by atoms with van der Waals surface area (Å²) in [5.41, 5.74) is -0.262. The number of hydrogen-bond donors (Lipinski definition) is 2. The van der Waals surface area contributed by atoms with Crippen molar-refractivity contribution in [3.8, 4) is 5.75 Å². The highest BCUT2D eigenvalue weighted by Gasteiger charge is 2.22. The van der Waals surface area contributed by atoms with Crippen molar-refractivity contribution >= 4 is 27.3 Å². The van der Waals surface area contributed by atoms with Gasteiger partial charge >= 0.3 is 0 Å². The SMILES string of the molecule is CC(C)(C)CS(=O)(=O)Nc1cccc(Cl)c1O. The van der Waals surface area contributed by atoms with Crippen LogP contribution in [0.3, 0.4) is 0 Å². The summed E-state index contributed by atoms with van der Waals surface area (Å²) in [5.74, 6) is -0.293. The van der Waals surface area contributed by atoms with Crippen molar-refractivity contribution in [2.75, 3.05) is 10.5 Å². The van der Waals surface area contributed by atoms with E-state index in [2.05, 4.69) is 4.72 Å². The molecule has 2 N–H and O–H groups in total. The first-order valence-electron chi connectivity index (χ1n) is 5.09. The monoisotopic (exact) mass is 277 g/mol. The molecule has 0 atom stereocenters. The number of para-hydroxylation sites is 1. The summed E-state index contributed by atoms with van der Waals surface area (Å²) >= 11 is 5.69. The van der Waals surface area contributed by atoms with E-state index in [4.69, 9.17) is 11.6 Å². The molecule has 0 aromatic heterocycles. The van der Waals surface area contributed by atoms with Gasteiger partial charge in [0.25, 0.3) is 0 Å². The average Bonchev–Trinajstić information content (AvgIpc) is 2.08. The van der Waals surface area contributed by atoms with E-state index >= 15 is 0 Å². The molecule has 1 aromatic rings. The zero-order valence-electron chi connectivity index (χ0n) is 9.99. The van der Waals surface area contributed by atoms with Crippen LogP contribution in [-0.4, -0.2) is 19.3 Å². The number of anilines is 1. The third kappa shape index (κ3) is 4.44. The smallest absolute Gasteiger partial charge is 0.233 e. The fourth-order valence-corrected chi connectivity index (χ4v) is 3.26. The average molecular weight is 278 g/mol. The standard InChI is InChI=1S/C11H16ClNO3S/c1-11(2,3)7-17(15,16)13-9-6-4-5-8(12)10(9)14/h4-6,13-14H,7H2,1-3H3. The lowest BCUT2D eigenvalue weighted by molar-refractivity contribution is 0.462. The van der Waals surface area contributed by atoms with Crippen LogP contribution in [0, 0.1) is 5.41 Å². The Bertz CT molecular complexity index is 506. The minimum Gasteiger partial charge on any atom is -0.504 e. The van der Waals surface area contributed by atoms with Gasteiger partial charge in [-0.2, -0.15) is 0 Å². The van der Waals surface area contributed by atoms with Crippen LogP contribution < -0.4 is 4.72 Å². The van der Waals surface area contributed by atoms with E-state index in [1.807, 2.05) is 20.8 Å². The van der Waals surface area contributed by atoms with E-state index in [0.717, 1.165) is 0 Å². The Morgan fingerprint density at radius 2 is 1.94 bits per heavy atom. The number of aromatic hydroxyl groups is 1. The minimum absolute atomic E-state index is 0.0358. The molecule has 0 radical (unpaired) electrons. The third-order valence-electron chi connectivity index (χ3n) is 1.88. The molecule has 0 fully saturated rings. The number of benzene rings is 1. The highest BCUT2D eigenvalue weighted by Crippen LogP contribution is 2.32. The lowest BCUT2D eigenvalue weighted by Crippen LogP contribution is -2.26. The van der Waals surface area contributed by atoms with Crippen molar-refractivity contribution in [1.29, 1.82) is 0 Å². The maximum absolute atomic E-state index is 11.8. The van der Waals surface area contributed by atoms with E-state index in [1.165, 1.54) is 12.1 Å². The van der Waals surface area contributed by atoms with Gasteiger partial charge in [-0.25, -0.2) is 8.42 Å². The summed E-state index contributed by atoms with van der Waals surface area (Å²) < 4.78 is 25.9. The van der Waals surface area contributed by atoms with Crippen LogP contribution in [0.25, 0.3) is 0 Å². The number of hydrogen-bond acceptors (Lipinski definition) is 3. The van der Waals surface area contributed by atoms with Crippen LogP contribution in [-0.2, 0) is 10.0 Å². The molecule has 0 aliphatic rings. The largest absolute Gasteiger partial charge is 0.504 e. The molecule has 17 heavy (non-hydrogen) atoms. The van der Waals surface area contributed by atoms with Crippen LogP contribution in [0.1, 0.15) is 20.8 Å². The molecule has 4 nitrogen and oxygen atoms in total. The van der Waals surface area contributed by atoms with Gasteiger partial charge in [0, 0.05) is 0 Å². The summed E-state index contributed by atoms with van der Waals surface area (Å²) in [5, 5.41) is 9.71. The minimum atomic E-state index is -3.50. The Balaban J connectivity index is 2.95.